The Morgan fingerprint density at radius 2 is 2.05 bits per heavy atom. The highest BCUT2D eigenvalue weighted by Gasteiger charge is 2.36. The number of hydrazine groups is 1. The van der Waals surface area contributed by atoms with Gasteiger partial charge in [0, 0.05) is 18.7 Å². The lowest BCUT2D eigenvalue weighted by atomic mass is 9.84. The van der Waals surface area contributed by atoms with Gasteiger partial charge in [-0.3, -0.25) is 16.3 Å². The number of rotatable bonds is 6. The van der Waals surface area contributed by atoms with E-state index < -0.39 is 0 Å². The second-order valence-corrected chi connectivity index (χ2v) is 5.03. The molecule has 20 heavy (non-hydrogen) atoms. The average Bonchev–Trinajstić information content (AvgIpc) is 2.52. The van der Waals surface area contributed by atoms with E-state index in [0.29, 0.717) is 0 Å². The van der Waals surface area contributed by atoms with E-state index in [1.54, 1.807) is 13.3 Å². The molecule has 1 unspecified atom stereocenters. The molecule has 3 N–H and O–H groups in total. The molecule has 0 amide bonds. The minimum absolute atomic E-state index is 0.0490. The number of benzene rings is 1. The third-order valence-electron chi connectivity index (χ3n) is 4.26. The van der Waals surface area contributed by atoms with Crippen LogP contribution < -0.4 is 11.3 Å². The highest BCUT2D eigenvalue weighted by molar-refractivity contribution is 5.79. The first kappa shape index (κ1) is 14.9. The molecule has 1 aromatic heterocycles. The molecule has 2 aromatic rings. The van der Waals surface area contributed by atoms with E-state index in [0.717, 1.165) is 29.3 Å². The number of methoxy groups -OCH3 is 1. The van der Waals surface area contributed by atoms with Crippen molar-refractivity contribution < 1.29 is 4.74 Å². The third kappa shape index (κ3) is 2.54. The molecule has 1 heterocycles. The number of hydrogen-bond acceptors (Lipinski definition) is 4. The molecular formula is C16H23N3O. The molecule has 0 radical (unpaired) electrons. The Balaban J connectivity index is 2.48. The van der Waals surface area contributed by atoms with Crippen molar-refractivity contribution in [2.24, 2.45) is 5.84 Å². The molecule has 108 valence electrons. The summed E-state index contributed by atoms with van der Waals surface area (Å²) < 4.78 is 5.80. The van der Waals surface area contributed by atoms with E-state index in [-0.39, 0.29) is 11.6 Å². The first-order valence-corrected chi connectivity index (χ1v) is 7.06. The van der Waals surface area contributed by atoms with E-state index in [9.17, 15) is 0 Å². The maximum absolute atomic E-state index is 5.82. The van der Waals surface area contributed by atoms with Crippen LogP contribution in [0.15, 0.2) is 36.5 Å². The van der Waals surface area contributed by atoms with Crippen molar-refractivity contribution in [3.63, 3.8) is 0 Å². The van der Waals surface area contributed by atoms with Crippen molar-refractivity contribution in [1.29, 1.82) is 0 Å². The normalized spacial score (nSPS) is 13.6. The second kappa shape index (κ2) is 6.31. The summed E-state index contributed by atoms with van der Waals surface area (Å²) in [5, 5.41) is 1.11. The van der Waals surface area contributed by atoms with Gasteiger partial charge in [0.05, 0.1) is 17.2 Å². The van der Waals surface area contributed by atoms with Gasteiger partial charge in [-0.1, -0.05) is 26.0 Å². The highest BCUT2D eigenvalue weighted by Crippen LogP contribution is 2.35. The minimum Gasteiger partial charge on any atom is -0.376 e. The van der Waals surface area contributed by atoms with Gasteiger partial charge in [0.25, 0.3) is 0 Å². The van der Waals surface area contributed by atoms with Gasteiger partial charge in [0.1, 0.15) is 0 Å². The van der Waals surface area contributed by atoms with E-state index in [1.807, 2.05) is 12.1 Å². The summed E-state index contributed by atoms with van der Waals surface area (Å²) in [7, 11) is 1.75. The minimum atomic E-state index is -0.301. The molecule has 0 aliphatic heterocycles. The van der Waals surface area contributed by atoms with Gasteiger partial charge in [0.2, 0.25) is 0 Å². The Morgan fingerprint density at radius 1 is 1.30 bits per heavy atom. The lowest BCUT2D eigenvalue weighted by Gasteiger charge is -2.38. The van der Waals surface area contributed by atoms with Crippen LogP contribution in [0.3, 0.4) is 0 Å². The van der Waals surface area contributed by atoms with Gasteiger partial charge in [-0.25, -0.2) is 0 Å². The lowest BCUT2D eigenvalue weighted by molar-refractivity contribution is -0.0486. The molecule has 0 aliphatic carbocycles. The number of nitrogens with two attached hydrogens (primary N) is 1. The Morgan fingerprint density at radius 3 is 2.65 bits per heavy atom. The molecule has 0 saturated carbocycles. The number of hydrogen-bond donors (Lipinski definition) is 2. The Bertz CT molecular complexity index is 558. The fourth-order valence-electron chi connectivity index (χ4n) is 2.89. The summed E-state index contributed by atoms with van der Waals surface area (Å²) in [6.07, 6.45) is 3.58. The first-order valence-electron chi connectivity index (χ1n) is 7.06. The zero-order valence-electron chi connectivity index (χ0n) is 12.4. The molecule has 4 heteroatoms. The number of nitrogens with zero attached hydrogens (tertiary/aromatic N) is 1. The van der Waals surface area contributed by atoms with Gasteiger partial charge in [-0.2, -0.15) is 0 Å². The summed E-state index contributed by atoms with van der Waals surface area (Å²) >= 11 is 0. The van der Waals surface area contributed by atoms with Crippen LogP contribution in [-0.4, -0.2) is 17.7 Å². The molecule has 0 fully saturated rings. The lowest BCUT2D eigenvalue weighted by Crippen LogP contribution is -2.47. The fraction of sp³-hybridized carbons (Fsp3) is 0.438. The van der Waals surface area contributed by atoms with Crippen molar-refractivity contribution >= 4 is 10.9 Å². The van der Waals surface area contributed by atoms with Crippen molar-refractivity contribution in [3.8, 4) is 0 Å². The summed E-state index contributed by atoms with van der Waals surface area (Å²) in [5.41, 5.74) is 4.74. The average molecular weight is 273 g/mol. The topological polar surface area (TPSA) is 60.2 Å². The van der Waals surface area contributed by atoms with Crippen LogP contribution in [0.25, 0.3) is 10.9 Å². The van der Waals surface area contributed by atoms with Crippen molar-refractivity contribution in [2.75, 3.05) is 7.11 Å². The van der Waals surface area contributed by atoms with E-state index in [1.165, 1.54) is 0 Å². The number of pyridine rings is 1. The predicted octanol–water partition coefficient (Wildman–Crippen LogP) is 2.94. The Kier molecular flexibility index (Phi) is 4.70. The molecule has 0 aliphatic rings. The standard InChI is InChI=1S/C16H23N3O/c1-4-16(5-2,20-3)15(19-17)13-8-9-14-12(11-13)7-6-10-18-14/h6-11,15,19H,4-5,17H2,1-3H3. The molecule has 1 aromatic carbocycles. The monoisotopic (exact) mass is 273 g/mol. The van der Waals surface area contributed by atoms with Crippen LogP contribution in [0.5, 0.6) is 0 Å². The van der Waals surface area contributed by atoms with E-state index in [2.05, 4.69) is 42.5 Å². The predicted molar refractivity (Wildman–Crippen MR) is 82.1 cm³/mol. The maximum atomic E-state index is 5.82. The van der Waals surface area contributed by atoms with Crippen LogP contribution in [0.4, 0.5) is 0 Å². The number of nitrogens with one attached hydrogen (secondary N) is 1. The Hall–Kier alpha value is -1.49. The zero-order valence-corrected chi connectivity index (χ0v) is 12.4. The second-order valence-electron chi connectivity index (χ2n) is 5.03. The molecule has 0 spiro atoms. The van der Waals surface area contributed by atoms with Gasteiger partial charge in [-0.05, 0) is 36.6 Å². The molecule has 4 nitrogen and oxygen atoms in total. The summed E-state index contributed by atoms with van der Waals surface area (Å²) in [6.45, 7) is 4.25. The van der Waals surface area contributed by atoms with Crippen molar-refractivity contribution in [2.45, 2.75) is 38.3 Å². The summed E-state index contributed by atoms with van der Waals surface area (Å²) in [5.74, 6) is 5.82. The molecule has 0 saturated heterocycles. The van der Waals surface area contributed by atoms with Crippen LogP contribution in [-0.2, 0) is 4.74 Å². The van der Waals surface area contributed by atoms with Gasteiger partial charge < -0.3 is 4.74 Å². The maximum Gasteiger partial charge on any atom is 0.0880 e. The highest BCUT2D eigenvalue weighted by atomic mass is 16.5. The molecular weight excluding hydrogens is 250 g/mol. The van der Waals surface area contributed by atoms with Crippen LogP contribution >= 0.6 is 0 Å². The van der Waals surface area contributed by atoms with E-state index in [4.69, 9.17) is 10.6 Å². The van der Waals surface area contributed by atoms with Crippen LogP contribution in [0, 0.1) is 0 Å². The van der Waals surface area contributed by atoms with Gasteiger partial charge >= 0.3 is 0 Å². The van der Waals surface area contributed by atoms with Crippen LogP contribution in [0.1, 0.15) is 38.3 Å². The Labute approximate surface area is 120 Å². The summed E-state index contributed by atoms with van der Waals surface area (Å²) in [4.78, 5) is 4.35. The zero-order chi connectivity index (χ0) is 14.6. The number of fused-ring (bicyclic) bond motifs is 1. The van der Waals surface area contributed by atoms with E-state index >= 15 is 0 Å². The largest absolute Gasteiger partial charge is 0.376 e. The van der Waals surface area contributed by atoms with Crippen LogP contribution in [0.2, 0.25) is 0 Å². The SMILES string of the molecule is CCC(CC)(OC)C(NN)c1ccc2ncccc2c1. The quantitative estimate of drug-likeness (QED) is 0.627. The van der Waals surface area contributed by atoms with Crippen molar-refractivity contribution in [1.82, 2.24) is 10.4 Å². The first-order chi connectivity index (χ1) is 9.70. The molecule has 0 bridgehead atoms. The van der Waals surface area contributed by atoms with Gasteiger partial charge in [-0.15, -0.1) is 0 Å². The molecule has 1 atom stereocenters. The third-order valence-corrected chi connectivity index (χ3v) is 4.26. The molecule has 2 rings (SSSR count). The van der Waals surface area contributed by atoms with Crippen molar-refractivity contribution in [3.05, 3.63) is 42.1 Å². The smallest absolute Gasteiger partial charge is 0.0880 e. The summed E-state index contributed by atoms with van der Waals surface area (Å²) in [6, 6.07) is 10.2. The van der Waals surface area contributed by atoms with Gasteiger partial charge in [0.15, 0.2) is 0 Å². The number of ether oxygens (including phenoxy) is 1. The fourth-order valence-corrected chi connectivity index (χ4v) is 2.89. The number of aromatic nitrogens is 1.